The minimum atomic E-state index is -4.33. The Labute approximate surface area is 127 Å². The van der Waals surface area contributed by atoms with Crippen LogP contribution in [-0.2, 0) is 10.9 Å². The zero-order chi connectivity index (χ0) is 16.0. The molecule has 2 fully saturated rings. The van der Waals surface area contributed by atoms with Gasteiger partial charge in [-0.2, -0.15) is 18.4 Å². The SMILES string of the molecule is C[C@@]12CCC(C#N)CC1OC(c1ccc(C(F)(F)F)cc1)N2. The van der Waals surface area contributed by atoms with Crippen molar-refractivity contribution in [2.45, 2.75) is 50.2 Å². The lowest BCUT2D eigenvalue weighted by Gasteiger charge is -2.36. The van der Waals surface area contributed by atoms with E-state index in [1.54, 1.807) is 0 Å². The number of nitrogens with one attached hydrogen (secondary N) is 1. The molecule has 4 atom stereocenters. The predicted octanol–water partition coefficient (Wildman–Crippen LogP) is 3.77. The van der Waals surface area contributed by atoms with Gasteiger partial charge in [-0.1, -0.05) is 12.1 Å². The van der Waals surface area contributed by atoms with E-state index in [0.717, 1.165) is 25.0 Å². The van der Waals surface area contributed by atoms with Crippen LogP contribution in [0.15, 0.2) is 24.3 Å². The Morgan fingerprint density at radius 2 is 2.00 bits per heavy atom. The Bertz CT molecular complexity index is 593. The van der Waals surface area contributed by atoms with E-state index in [4.69, 9.17) is 10.00 Å². The first kappa shape index (κ1) is 15.3. The number of fused-ring (bicyclic) bond motifs is 1. The van der Waals surface area contributed by atoms with Crippen molar-refractivity contribution in [3.8, 4) is 6.07 Å². The molecule has 1 aromatic rings. The summed E-state index contributed by atoms with van der Waals surface area (Å²) in [5, 5.41) is 12.4. The summed E-state index contributed by atoms with van der Waals surface area (Å²) in [6.45, 7) is 2.05. The number of alkyl halides is 3. The average molecular weight is 310 g/mol. The van der Waals surface area contributed by atoms with Crippen molar-refractivity contribution in [2.75, 3.05) is 0 Å². The number of nitrogens with zero attached hydrogens (tertiary/aromatic N) is 1. The van der Waals surface area contributed by atoms with Crippen LogP contribution in [0.2, 0.25) is 0 Å². The van der Waals surface area contributed by atoms with Crippen LogP contribution in [0.5, 0.6) is 0 Å². The summed E-state index contributed by atoms with van der Waals surface area (Å²) >= 11 is 0. The Morgan fingerprint density at radius 3 is 2.59 bits per heavy atom. The third kappa shape index (κ3) is 2.71. The van der Waals surface area contributed by atoms with Crippen LogP contribution in [0.4, 0.5) is 13.2 Å². The molecule has 3 nitrogen and oxygen atoms in total. The van der Waals surface area contributed by atoms with Crippen LogP contribution in [0.25, 0.3) is 0 Å². The van der Waals surface area contributed by atoms with E-state index < -0.39 is 18.0 Å². The molecule has 3 rings (SSSR count). The number of nitriles is 1. The van der Waals surface area contributed by atoms with E-state index in [2.05, 4.69) is 18.3 Å². The topological polar surface area (TPSA) is 45.0 Å². The molecule has 1 saturated carbocycles. The van der Waals surface area contributed by atoms with Gasteiger partial charge in [0.05, 0.1) is 17.7 Å². The second-order valence-corrected chi connectivity index (χ2v) is 6.29. The zero-order valence-electron chi connectivity index (χ0n) is 12.2. The Hall–Kier alpha value is -1.58. The lowest BCUT2D eigenvalue weighted by Crippen LogP contribution is -2.48. The number of halogens is 3. The third-order valence-corrected chi connectivity index (χ3v) is 4.71. The minimum absolute atomic E-state index is 0.00812. The van der Waals surface area contributed by atoms with Crippen molar-refractivity contribution in [1.29, 1.82) is 5.26 Å². The van der Waals surface area contributed by atoms with Crippen LogP contribution in [0.3, 0.4) is 0 Å². The first-order valence-corrected chi connectivity index (χ1v) is 7.32. The van der Waals surface area contributed by atoms with Crippen LogP contribution >= 0.6 is 0 Å². The molecule has 3 unspecified atom stereocenters. The second-order valence-electron chi connectivity index (χ2n) is 6.29. The standard InChI is InChI=1S/C16H17F3N2O/c1-15-7-6-10(9-20)8-13(15)22-14(21-15)11-2-4-12(5-3-11)16(17,18)19/h2-5,10,13-14,21H,6-8H2,1H3/t10?,13?,14?,15-/m1/s1. The predicted molar refractivity (Wildman–Crippen MR) is 73.6 cm³/mol. The Balaban J connectivity index is 1.76. The maximum absolute atomic E-state index is 12.6. The summed E-state index contributed by atoms with van der Waals surface area (Å²) in [5.41, 5.74) is -0.208. The summed E-state index contributed by atoms with van der Waals surface area (Å²) in [6, 6.07) is 7.32. The zero-order valence-corrected chi connectivity index (χ0v) is 12.2. The van der Waals surface area contributed by atoms with E-state index in [0.29, 0.717) is 12.0 Å². The molecule has 0 aromatic heterocycles. The van der Waals surface area contributed by atoms with E-state index in [9.17, 15) is 13.2 Å². The van der Waals surface area contributed by atoms with Gasteiger partial charge in [0.2, 0.25) is 0 Å². The maximum atomic E-state index is 12.6. The fourth-order valence-electron chi connectivity index (χ4n) is 3.27. The van der Waals surface area contributed by atoms with Crippen molar-refractivity contribution >= 4 is 0 Å². The summed E-state index contributed by atoms with van der Waals surface area (Å²) < 4.78 is 43.8. The highest BCUT2D eigenvalue weighted by molar-refractivity contribution is 5.27. The molecular weight excluding hydrogens is 293 g/mol. The molecule has 2 aliphatic rings. The van der Waals surface area contributed by atoms with Gasteiger partial charge >= 0.3 is 6.18 Å². The van der Waals surface area contributed by atoms with Gasteiger partial charge in [-0.25, -0.2) is 0 Å². The van der Waals surface area contributed by atoms with Gasteiger partial charge in [0.15, 0.2) is 0 Å². The summed E-state index contributed by atoms with van der Waals surface area (Å²) in [7, 11) is 0. The first-order chi connectivity index (χ1) is 10.3. The normalized spacial score (nSPS) is 35.0. The first-order valence-electron chi connectivity index (χ1n) is 7.32. The van der Waals surface area contributed by atoms with E-state index >= 15 is 0 Å². The molecule has 0 radical (unpaired) electrons. The third-order valence-electron chi connectivity index (χ3n) is 4.71. The Kier molecular flexibility index (Phi) is 3.66. The highest BCUT2D eigenvalue weighted by atomic mass is 19.4. The van der Waals surface area contributed by atoms with Crippen molar-refractivity contribution in [3.05, 3.63) is 35.4 Å². The quantitative estimate of drug-likeness (QED) is 0.858. The smallest absolute Gasteiger partial charge is 0.354 e. The van der Waals surface area contributed by atoms with Crippen LogP contribution in [0.1, 0.15) is 43.5 Å². The number of rotatable bonds is 1. The molecule has 6 heteroatoms. The lowest BCUT2D eigenvalue weighted by atomic mass is 9.76. The van der Waals surface area contributed by atoms with Crippen molar-refractivity contribution < 1.29 is 17.9 Å². The fraction of sp³-hybridized carbons (Fsp3) is 0.562. The lowest BCUT2D eigenvalue weighted by molar-refractivity contribution is -0.137. The highest BCUT2D eigenvalue weighted by Gasteiger charge is 2.48. The van der Waals surface area contributed by atoms with Gasteiger partial charge in [0, 0.05) is 11.5 Å². The van der Waals surface area contributed by atoms with Crippen LogP contribution in [0, 0.1) is 17.2 Å². The molecule has 118 valence electrons. The molecular formula is C16H17F3N2O. The second kappa shape index (κ2) is 5.25. The number of ether oxygens (including phenoxy) is 1. The van der Waals surface area contributed by atoms with Gasteiger partial charge in [-0.15, -0.1) is 0 Å². The van der Waals surface area contributed by atoms with Gasteiger partial charge < -0.3 is 4.74 Å². The summed E-state index contributed by atoms with van der Waals surface area (Å²) in [4.78, 5) is 0. The fourth-order valence-corrected chi connectivity index (χ4v) is 3.27. The van der Waals surface area contributed by atoms with E-state index in [1.165, 1.54) is 12.1 Å². The van der Waals surface area contributed by atoms with Crippen LogP contribution < -0.4 is 5.32 Å². The number of hydrogen-bond acceptors (Lipinski definition) is 3. The number of benzene rings is 1. The van der Waals surface area contributed by atoms with Crippen molar-refractivity contribution in [3.63, 3.8) is 0 Å². The molecule has 1 N–H and O–H groups in total. The molecule has 1 heterocycles. The average Bonchev–Trinajstić information content (AvgIpc) is 2.83. The molecule has 1 aliphatic carbocycles. The van der Waals surface area contributed by atoms with Crippen molar-refractivity contribution in [1.82, 2.24) is 5.32 Å². The molecule has 0 bridgehead atoms. The summed E-state index contributed by atoms with van der Waals surface area (Å²) in [5.74, 6) is -0.00812. The van der Waals surface area contributed by atoms with Gasteiger partial charge in [-0.05, 0) is 43.9 Å². The molecule has 1 saturated heterocycles. The summed E-state index contributed by atoms with van der Waals surface area (Å²) in [6.07, 6.45) is -2.53. The molecule has 22 heavy (non-hydrogen) atoms. The molecule has 0 amide bonds. The van der Waals surface area contributed by atoms with Gasteiger partial charge in [0.25, 0.3) is 0 Å². The van der Waals surface area contributed by atoms with E-state index in [-0.39, 0.29) is 17.6 Å². The van der Waals surface area contributed by atoms with Gasteiger partial charge in [0.1, 0.15) is 6.23 Å². The number of hydrogen-bond donors (Lipinski definition) is 1. The van der Waals surface area contributed by atoms with Crippen molar-refractivity contribution in [2.24, 2.45) is 5.92 Å². The van der Waals surface area contributed by atoms with Crippen LogP contribution in [-0.4, -0.2) is 11.6 Å². The Morgan fingerprint density at radius 1 is 1.32 bits per heavy atom. The largest absolute Gasteiger partial charge is 0.416 e. The minimum Gasteiger partial charge on any atom is -0.354 e. The van der Waals surface area contributed by atoms with E-state index in [1.807, 2.05) is 0 Å². The maximum Gasteiger partial charge on any atom is 0.416 e. The molecule has 1 aliphatic heterocycles. The molecule has 1 aromatic carbocycles. The molecule has 0 spiro atoms. The monoisotopic (exact) mass is 310 g/mol. The van der Waals surface area contributed by atoms with Gasteiger partial charge in [-0.3, -0.25) is 5.32 Å². The highest BCUT2D eigenvalue weighted by Crippen LogP contribution is 2.42.